The summed E-state index contributed by atoms with van der Waals surface area (Å²) in [6.07, 6.45) is 0. The number of aliphatic hydroxyl groups is 1. The van der Waals surface area contributed by atoms with Crippen molar-refractivity contribution in [3.8, 4) is 0 Å². The van der Waals surface area contributed by atoms with E-state index in [1.807, 2.05) is 17.5 Å². The van der Waals surface area contributed by atoms with Gasteiger partial charge in [0.05, 0.1) is 11.6 Å². The van der Waals surface area contributed by atoms with E-state index in [2.05, 4.69) is 12.6 Å². The van der Waals surface area contributed by atoms with Crippen LogP contribution >= 0.6 is 35.6 Å². The number of thiol groups is 1. The first-order valence-corrected chi connectivity index (χ1v) is 5.43. The second-order valence-corrected chi connectivity index (χ2v) is 4.43. The van der Waals surface area contributed by atoms with Crippen LogP contribution in [0.2, 0.25) is 5.02 Å². The van der Waals surface area contributed by atoms with Crippen molar-refractivity contribution < 1.29 is 5.11 Å². The number of fused-ring (bicyclic) bond motifs is 1. The van der Waals surface area contributed by atoms with Crippen LogP contribution in [-0.2, 0) is 6.61 Å². The molecule has 1 N–H and O–H groups in total. The molecule has 13 heavy (non-hydrogen) atoms. The molecule has 0 aliphatic heterocycles. The van der Waals surface area contributed by atoms with Gasteiger partial charge in [0.2, 0.25) is 0 Å². The van der Waals surface area contributed by atoms with E-state index in [0.29, 0.717) is 0 Å². The van der Waals surface area contributed by atoms with Crippen molar-refractivity contribution in [3.63, 3.8) is 0 Å². The molecule has 0 aliphatic rings. The topological polar surface area (TPSA) is 20.2 Å². The van der Waals surface area contributed by atoms with Crippen molar-refractivity contribution in [3.05, 3.63) is 28.1 Å². The lowest BCUT2D eigenvalue weighted by molar-refractivity contribution is 0.279. The van der Waals surface area contributed by atoms with Gasteiger partial charge in [0.25, 0.3) is 0 Å². The zero-order valence-electron chi connectivity index (χ0n) is 6.62. The van der Waals surface area contributed by atoms with Crippen LogP contribution in [0.5, 0.6) is 0 Å². The molecule has 2 rings (SSSR count). The Labute approximate surface area is 90.4 Å². The molecule has 0 fully saturated rings. The second-order valence-electron chi connectivity index (χ2n) is 2.69. The van der Waals surface area contributed by atoms with E-state index in [9.17, 15) is 0 Å². The van der Waals surface area contributed by atoms with Gasteiger partial charge in [0.15, 0.2) is 0 Å². The Morgan fingerprint density at radius 1 is 1.46 bits per heavy atom. The van der Waals surface area contributed by atoms with Crippen LogP contribution in [0.3, 0.4) is 0 Å². The average molecular weight is 231 g/mol. The molecule has 0 aliphatic carbocycles. The maximum absolute atomic E-state index is 9.01. The summed E-state index contributed by atoms with van der Waals surface area (Å²) in [6.45, 7) is 0.0181. The molecule has 0 saturated heterocycles. The van der Waals surface area contributed by atoms with Gasteiger partial charge in [-0.3, -0.25) is 0 Å². The second kappa shape index (κ2) is 3.50. The minimum absolute atomic E-state index is 0.0181. The molecule has 0 bridgehead atoms. The number of thiophene rings is 1. The van der Waals surface area contributed by atoms with Crippen molar-refractivity contribution >= 4 is 45.7 Å². The number of halogens is 1. The lowest BCUT2D eigenvalue weighted by Crippen LogP contribution is -1.84. The highest BCUT2D eigenvalue weighted by Crippen LogP contribution is 2.35. The predicted molar refractivity (Wildman–Crippen MR) is 60.0 cm³/mol. The fourth-order valence-electron chi connectivity index (χ4n) is 1.22. The SMILES string of the molecule is OCc1ccc2c(Cl)csc2c1S. The van der Waals surface area contributed by atoms with Crippen LogP contribution in [0.15, 0.2) is 22.4 Å². The summed E-state index contributed by atoms with van der Waals surface area (Å²) in [7, 11) is 0. The highest BCUT2D eigenvalue weighted by Gasteiger charge is 2.07. The maximum Gasteiger partial charge on any atom is 0.0693 e. The third kappa shape index (κ3) is 1.46. The Morgan fingerprint density at radius 2 is 2.23 bits per heavy atom. The molecule has 4 heteroatoms. The smallest absolute Gasteiger partial charge is 0.0693 e. The lowest BCUT2D eigenvalue weighted by atomic mass is 10.2. The Hall–Kier alpha value is -0.220. The molecule has 68 valence electrons. The number of rotatable bonds is 1. The van der Waals surface area contributed by atoms with Crippen molar-refractivity contribution in [1.29, 1.82) is 0 Å². The predicted octanol–water partition coefficient (Wildman–Crippen LogP) is 3.34. The molecular formula is C9H7ClOS2. The van der Waals surface area contributed by atoms with Gasteiger partial charge in [-0.2, -0.15) is 0 Å². The van der Waals surface area contributed by atoms with E-state index < -0.39 is 0 Å². The zero-order chi connectivity index (χ0) is 9.42. The molecule has 1 heterocycles. The standard InChI is InChI=1S/C9H7ClOS2/c10-7-4-13-9-6(7)2-1-5(3-11)8(9)12/h1-2,4,11-12H,3H2. The van der Waals surface area contributed by atoms with Crippen LogP contribution in [0.25, 0.3) is 10.1 Å². The molecule has 1 aromatic carbocycles. The summed E-state index contributed by atoms with van der Waals surface area (Å²) in [5, 5.41) is 12.6. The molecule has 1 aromatic heterocycles. The molecule has 1 nitrogen and oxygen atoms in total. The highest BCUT2D eigenvalue weighted by molar-refractivity contribution is 7.80. The van der Waals surface area contributed by atoms with E-state index in [1.165, 1.54) is 0 Å². The van der Waals surface area contributed by atoms with E-state index in [4.69, 9.17) is 16.7 Å². The lowest BCUT2D eigenvalue weighted by Gasteiger charge is -2.01. The van der Waals surface area contributed by atoms with E-state index in [1.54, 1.807) is 11.3 Å². The summed E-state index contributed by atoms with van der Waals surface area (Å²) in [6, 6.07) is 3.77. The van der Waals surface area contributed by atoms with Crippen molar-refractivity contribution in [1.82, 2.24) is 0 Å². The number of aliphatic hydroxyl groups excluding tert-OH is 1. The molecule has 0 amide bonds. The van der Waals surface area contributed by atoms with Crippen LogP contribution in [0.4, 0.5) is 0 Å². The van der Waals surface area contributed by atoms with Gasteiger partial charge in [-0.25, -0.2) is 0 Å². The summed E-state index contributed by atoms with van der Waals surface area (Å²) in [5.41, 5.74) is 0.842. The monoisotopic (exact) mass is 230 g/mol. The van der Waals surface area contributed by atoms with Gasteiger partial charge < -0.3 is 5.11 Å². The third-order valence-corrected chi connectivity index (χ3v) is 4.04. The van der Waals surface area contributed by atoms with E-state index in [0.717, 1.165) is 25.6 Å². The summed E-state index contributed by atoms with van der Waals surface area (Å²) >= 11 is 11.9. The number of benzene rings is 1. The van der Waals surface area contributed by atoms with Crippen molar-refractivity contribution in [2.75, 3.05) is 0 Å². The van der Waals surface area contributed by atoms with Gasteiger partial charge in [0.1, 0.15) is 0 Å². The quantitative estimate of drug-likeness (QED) is 0.720. The Balaban J connectivity index is 2.80. The summed E-state index contributed by atoms with van der Waals surface area (Å²) < 4.78 is 1.04. The van der Waals surface area contributed by atoms with Crippen molar-refractivity contribution in [2.24, 2.45) is 0 Å². The molecular weight excluding hydrogens is 224 g/mol. The van der Waals surface area contributed by atoms with Crippen molar-refractivity contribution in [2.45, 2.75) is 11.5 Å². The van der Waals surface area contributed by atoms with Crippen LogP contribution < -0.4 is 0 Å². The normalized spacial score (nSPS) is 11.0. The molecule has 0 spiro atoms. The Morgan fingerprint density at radius 3 is 2.92 bits per heavy atom. The first-order valence-electron chi connectivity index (χ1n) is 3.72. The van der Waals surface area contributed by atoms with E-state index >= 15 is 0 Å². The molecule has 0 radical (unpaired) electrons. The Bertz CT molecular complexity index is 450. The van der Waals surface area contributed by atoms with E-state index in [-0.39, 0.29) is 6.61 Å². The minimum atomic E-state index is 0.0181. The molecule has 2 aromatic rings. The van der Waals surface area contributed by atoms with Gasteiger partial charge in [-0.15, -0.1) is 24.0 Å². The third-order valence-electron chi connectivity index (χ3n) is 1.92. The van der Waals surface area contributed by atoms with Gasteiger partial charge in [0, 0.05) is 20.4 Å². The fraction of sp³-hybridized carbons (Fsp3) is 0.111. The van der Waals surface area contributed by atoms with Gasteiger partial charge >= 0.3 is 0 Å². The molecule has 0 unspecified atom stereocenters. The zero-order valence-corrected chi connectivity index (χ0v) is 9.09. The molecule has 0 atom stereocenters. The van der Waals surface area contributed by atoms with Crippen LogP contribution in [0.1, 0.15) is 5.56 Å². The minimum Gasteiger partial charge on any atom is -0.392 e. The summed E-state index contributed by atoms with van der Waals surface area (Å²) in [5.74, 6) is 0. The van der Waals surface area contributed by atoms with Gasteiger partial charge in [-0.05, 0) is 5.56 Å². The maximum atomic E-state index is 9.01. The molecule has 0 saturated carbocycles. The van der Waals surface area contributed by atoms with Gasteiger partial charge in [-0.1, -0.05) is 23.7 Å². The fourth-order valence-corrected chi connectivity index (χ4v) is 2.89. The largest absolute Gasteiger partial charge is 0.392 e. The Kier molecular flexibility index (Phi) is 2.51. The van der Waals surface area contributed by atoms with Crippen LogP contribution in [-0.4, -0.2) is 5.11 Å². The first kappa shape index (κ1) is 9.34. The van der Waals surface area contributed by atoms with Crippen LogP contribution in [0, 0.1) is 0 Å². The average Bonchev–Trinajstić information content (AvgIpc) is 2.50. The number of hydrogen-bond acceptors (Lipinski definition) is 3. The number of hydrogen-bond donors (Lipinski definition) is 2. The highest BCUT2D eigenvalue weighted by atomic mass is 35.5. The first-order chi connectivity index (χ1) is 6.24. The summed E-state index contributed by atoms with van der Waals surface area (Å²) in [4.78, 5) is 0.830.